The van der Waals surface area contributed by atoms with Gasteiger partial charge in [-0.15, -0.1) is 0 Å². The number of aromatic nitrogens is 1. The van der Waals surface area contributed by atoms with Gasteiger partial charge in [0.15, 0.2) is 0 Å². The molecule has 1 aliphatic heterocycles. The van der Waals surface area contributed by atoms with Gasteiger partial charge in [0.2, 0.25) is 0 Å². The van der Waals surface area contributed by atoms with Gasteiger partial charge in [0.1, 0.15) is 0 Å². The zero-order valence-corrected chi connectivity index (χ0v) is 15.1. The van der Waals surface area contributed by atoms with Gasteiger partial charge in [-0.3, -0.25) is 4.90 Å². The minimum atomic E-state index is 0.0250. The number of nitrogens with zero attached hydrogens (tertiary/aromatic N) is 3. The summed E-state index contributed by atoms with van der Waals surface area (Å²) in [5.41, 5.74) is 1.97. The van der Waals surface area contributed by atoms with E-state index in [0.29, 0.717) is 0 Å². The Bertz CT molecular complexity index is 739. The second kappa shape index (κ2) is 7.08. The maximum atomic E-state index is 12.7. The number of hydrogen-bond acceptors (Lipinski definition) is 2. The lowest BCUT2D eigenvalue weighted by molar-refractivity contribution is 0.0943. The Morgan fingerprint density at radius 2 is 1.80 bits per heavy atom. The molecule has 1 aromatic carbocycles. The Kier molecular flexibility index (Phi) is 4.66. The molecule has 2 fully saturated rings. The van der Waals surface area contributed by atoms with Gasteiger partial charge in [-0.2, -0.15) is 0 Å². The lowest BCUT2D eigenvalue weighted by atomic mass is 9.94. The van der Waals surface area contributed by atoms with E-state index in [4.69, 9.17) is 0 Å². The van der Waals surface area contributed by atoms with Crippen molar-refractivity contribution in [2.24, 2.45) is 7.05 Å². The number of rotatable bonds is 2. The smallest absolute Gasteiger partial charge is 0.321 e. The molecule has 2 aromatic rings. The molecule has 5 nitrogen and oxygen atoms in total. The molecule has 2 heterocycles. The van der Waals surface area contributed by atoms with Gasteiger partial charge < -0.3 is 14.8 Å². The summed E-state index contributed by atoms with van der Waals surface area (Å²) >= 11 is 0. The number of para-hydroxylation sites is 1. The highest BCUT2D eigenvalue weighted by Crippen LogP contribution is 2.25. The Morgan fingerprint density at radius 3 is 2.56 bits per heavy atom. The number of fused-ring (bicyclic) bond motifs is 1. The van der Waals surface area contributed by atoms with Crippen molar-refractivity contribution < 1.29 is 4.79 Å². The van der Waals surface area contributed by atoms with Crippen LogP contribution < -0.4 is 5.32 Å². The zero-order valence-electron chi connectivity index (χ0n) is 15.1. The minimum Gasteiger partial charge on any atom is -0.349 e. The molecule has 1 N–H and O–H groups in total. The van der Waals surface area contributed by atoms with E-state index in [-0.39, 0.29) is 6.03 Å². The van der Waals surface area contributed by atoms with Crippen LogP contribution in [-0.2, 0) is 7.05 Å². The Hall–Kier alpha value is -2.01. The molecular weight excluding hydrogens is 312 g/mol. The highest BCUT2D eigenvalue weighted by molar-refractivity contribution is 6.00. The van der Waals surface area contributed by atoms with Crippen LogP contribution in [-0.4, -0.2) is 52.6 Å². The third-order valence-corrected chi connectivity index (χ3v) is 5.83. The molecule has 0 atom stereocenters. The van der Waals surface area contributed by atoms with Crippen LogP contribution in [0.2, 0.25) is 0 Å². The van der Waals surface area contributed by atoms with Gasteiger partial charge in [-0.05, 0) is 25.0 Å². The summed E-state index contributed by atoms with van der Waals surface area (Å²) in [4.78, 5) is 17.3. The van der Waals surface area contributed by atoms with Gasteiger partial charge in [0.25, 0.3) is 0 Å². The van der Waals surface area contributed by atoms with Gasteiger partial charge in [0, 0.05) is 50.9 Å². The largest absolute Gasteiger partial charge is 0.349 e. The average molecular weight is 340 g/mol. The van der Waals surface area contributed by atoms with Gasteiger partial charge >= 0.3 is 6.03 Å². The number of nitrogens with one attached hydrogen (secondary N) is 1. The summed E-state index contributed by atoms with van der Waals surface area (Å²) in [5, 5.41) is 4.28. The molecule has 1 saturated carbocycles. The summed E-state index contributed by atoms with van der Waals surface area (Å²) < 4.78 is 2.06. The number of carbonyl (C=O) groups is 1. The Morgan fingerprint density at radius 1 is 1.04 bits per heavy atom. The first kappa shape index (κ1) is 16.5. The predicted molar refractivity (Wildman–Crippen MR) is 102 cm³/mol. The van der Waals surface area contributed by atoms with Crippen molar-refractivity contribution in [1.82, 2.24) is 14.4 Å². The fourth-order valence-electron chi connectivity index (χ4n) is 4.39. The first-order chi connectivity index (χ1) is 12.2. The molecule has 0 radical (unpaired) electrons. The third kappa shape index (κ3) is 3.38. The number of piperazine rings is 1. The van der Waals surface area contributed by atoms with E-state index in [1.54, 1.807) is 0 Å². The second-order valence-electron chi connectivity index (χ2n) is 7.42. The lowest BCUT2D eigenvalue weighted by Crippen LogP contribution is -2.53. The number of urea groups is 1. The molecule has 134 valence electrons. The van der Waals surface area contributed by atoms with Crippen LogP contribution in [0, 0.1) is 0 Å². The second-order valence-corrected chi connectivity index (χ2v) is 7.42. The molecule has 1 aliphatic carbocycles. The summed E-state index contributed by atoms with van der Waals surface area (Å²) in [7, 11) is 2.01. The molecular formula is C20H28N4O. The van der Waals surface area contributed by atoms with E-state index in [1.165, 1.54) is 32.1 Å². The quantitative estimate of drug-likeness (QED) is 0.906. The molecule has 5 heteroatoms. The van der Waals surface area contributed by atoms with Gasteiger partial charge in [-0.1, -0.05) is 31.4 Å². The van der Waals surface area contributed by atoms with Crippen LogP contribution in [0.4, 0.5) is 10.5 Å². The van der Waals surface area contributed by atoms with Crippen LogP contribution in [0.3, 0.4) is 0 Å². The topological polar surface area (TPSA) is 40.5 Å². The molecule has 0 spiro atoms. The highest BCUT2D eigenvalue weighted by atomic mass is 16.2. The number of amides is 2. The SMILES string of the molecule is Cn1ccc2cccc(NC(=O)N3CCN(C4CCCCC4)CC3)c21. The van der Waals surface area contributed by atoms with Crippen LogP contribution in [0.1, 0.15) is 32.1 Å². The van der Waals surface area contributed by atoms with Crippen molar-refractivity contribution in [3.05, 3.63) is 30.5 Å². The van der Waals surface area contributed by atoms with Crippen molar-refractivity contribution in [2.75, 3.05) is 31.5 Å². The summed E-state index contributed by atoms with van der Waals surface area (Å²) in [6.45, 7) is 3.66. The van der Waals surface area contributed by atoms with Crippen molar-refractivity contribution in [3.63, 3.8) is 0 Å². The number of aryl methyl sites for hydroxylation is 1. The Labute approximate surface area is 149 Å². The number of hydrogen-bond donors (Lipinski definition) is 1. The summed E-state index contributed by atoms with van der Waals surface area (Å²) in [6, 6.07) is 8.91. The van der Waals surface area contributed by atoms with Crippen molar-refractivity contribution in [2.45, 2.75) is 38.1 Å². The first-order valence-electron chi connectivity index (χ1n) is 9.56. The average Bonchev–Trinajstić information content (AvgIpc) is 3.05. The van der Waals surface area contributed by atoms with Crippen LogP contribution >= 0.6 is 0 Å². The van der Waals surface area contributed by atoms with E-state index in [0.717, 1.165) is 48.8 Å². The van der Waals surface area contributed by atoms with Crippen LogP contribution in [0.5, 0.6) is 0 Å². The maximum Gasteiger partial charge on any atom is 0.321 e. The normalized spacial score (nSPS) is 20.1. The van der Waals surface area contributed by atoms with Gasteiger partial charge in [-0.25, -0.2) is 4.79 Å². The standard InChI is InChI=1S/C20H28N4O/c1-22-11-10-16-6-5-9-18(19(16)22)21-20(25)24-14-12-23(13-15-24)17-7-3-2-4-8-17/h5-6,9-11,17H,2-4,7-8,12-15H2,1H3,(H,21,25). The van der Waals surface area contributed by atoms with E-state index < -0.39 is 0 Å². The molecule has 2 aliphatic rings. The molecule has 0 unspecified atom stereocenters. The molecule has 1 saturated heterocycles. The van der Waals surface area contributed by atoms with Crippen LogP contribution in [0.15, 0.2) is 30.5 Å². The number of benzene rings is 1. The van der Waals surface area contributed by atoms with Crippen molar-refractivity contribution in [1.29, 1.82) is 0 Å². The lowest BCUT2D eigenvalue weighted by Gasteiger charge is -2.40. The molecule has 4 rings (SSSR count). The van der Waals surface area contributed by atoms with E-state index >= 15 is 0 Å². The molecule has 2 amide bonds. The maximum absolute atomic E-state index is 12.7. The summed E-state index contributed by atoms with van der Waals surface area (Å²) in [6.07, 6.45) is 8.83. The molecule has 1 aromatic heterocycles. The fourth-order valence-corrected chi connectivity index (χ4v) is 4.39. The Balaban J connectivity index is 1.38. The fraction of sp³-hybridized carbons (Fsp3) is 0.550. The number of carbonyl (C=O) groups excluding carboxylic acids is 1. The highest BCUT2D eigenvalue weighted by Gasteiger charge is 2.27. The van der Waals surface area contributed by atoms with Crippen molar-refractivity contribution in [3.8, 4) is 0 Å². The monoisotopic (exact) mass is 340 g/mol. The minimum absolute atomic E-state index is 0.0250. The third-order valence-electron chi connectivity index (χ3n) is 5.83. The number of anilines is 1. The van der Waals surface area contributed by atoms with E-state index in [9.17, 15) is 4.79 Å². The molecule has 25 heavy (non-hydrogen) atoms. The van der Waals surface area contributed by atoms with E-state index in [2.05, 4.69) is 26.9 Å². The van der Waals surface area contributed by atoms with Crippen molar-refractivity contribution >= 4 is 22.6 Å². The first-order valence-corrected chi connectivity index (χ1v) is 9.56. The molecule has 0 bridgehead atoms. The predicted octanol–water partition coefficient (Wildman–Crippen LogP) is 3.66. The van der Waals surface area contributed by atoms with E-state index in [1.807, 2.05) is 30.3 Å². The zero-order chi connectivity index (χ0) is 17.2. The van der Waals surface area contributed by atoms with Gasteiger partial charge in [0.05, 0.1) is 11.2 Å². The van der Waals surface area contributed by atoms with Crippen LogP contribution in [0.25, 0.3) is 10.9 Å². The summed E-state index contributed by atoms with van der Waals surface area (Å²) in [5.74, 6) is 0.